The number of nitrogens with one attached hydrogen (secondary N) is 1. The van der Waals surface area contributed by atoms with Crippen molar-refractivity contribution in [2.24, 2.45) is 0 Å². The molecular weight excluding hydrogens is 220 g/mol. The van der Waals surface area contributed by atoms with Crippen molar-refractivity contribution >= 4 is 0 Å². The molecule has 2 nitrogen and oxygen atoms in total. The molecule has 1 heterocycles. The van der Waals surface area contributed by atoms with Crippen LogP contribution < -0.4 is 5.32 Å². The molecule has 2 rings (SSSR count). The average Bonchev–Trinajstić information content (AvgIpc) is 2.46. The molecule has 0 saturated carbocycles. The Hall–Kier alpha value is -0.860. The number of hydrogen-bond acceptors (Lipinski definition) is 2. The van der Waals surface area contributed by atoms with Crippen molar-refractivity contribution in [1.29, 1.82) is 0 Å². The van der Waals surface area contributed by atoms with Gasteiger partial charge in [0, 0.05) is 18.6 Å². The van der Waals surface area contributed by atoms with Crippen molar-refractivity contribution in [3.8, 4) is 0 Å². The van der Waals surface area contributed by atoms with Crippen LogP contribution in [-0.2, 0) is 0 Å². The number of rotatable bonds is 5. The first kappa shape index (κ1) is 13.6. The van der Waals surface area contributed by atoms with Crippen LogP contribution in [0.4, 0.5) is 0 Å². The molecule has 0 aromatic heterocycles. The fraction of sp³-hybridized carbons (Fsp3) is 0.625. The third kappa shape index (κ3) is 3.33. The summed E-state index contributed by atoms with van der Waals surface area (Å²) in [4.78, 5) is 2.68. The topological polar surface area (TPSA) is 15.3 Å². The van der Waals surface area contributed by atoms with Gasteiger partial charge in [0.2, 0.25) is 0 Å². The number of likely N-dealkylation sites (N-methyl/N-ethyl adjacent to an activating group) is 1. The number of piperidine rings is 1. The van der Waals surface area contributed by atoms with Gasteiger partial charge in [-0.3, -0.25) is 4.90 Å². The van der Waals surface area contributed by atoms with E-state index in [2.05, 4.69) is 54.5 Å². The maximum atomic E-state index is 3.47. The van der Waals surface area contributed by atoms with Gasteiger partial charge in [0.05, 0.1) is 0 Å². The van der Waals surface area contributed by atoms with Gasteiger partial charge in [-0.15, -0.1) is 0 Å². The van der Waals surface area contributed by atoms with E-state index in [9.17, 15) is 0 Å². The highest BCUT2D eigenvalue weighted by Gasteiger charge is 2.23. The smallest absolute Gasteiger partial charge is 0.0446 e. The zero-order valence-electron chi connectivity index (χ0n) is 11.7. The van der Waals surface area contributed by atoms with Crippen LogP contribution in [0.15, 0.2) is 30.3 Å². The first-order valence-electron chi connectivity index (χ1n) is 7.31. The van der Waals surface area contributed by atoms with E-state index < -0.39 is 0 Å². The maximum Gasteiger partial charge on any atom is 0.0446 e. The third-order valence-corrected chi connectivity index (χ3v) is 4.19. The van der Waals surface area contributed by atoms with Gasteiger partial charge >= 0.3 is 0 Å². The summed E-state index contributed by atoms with van der Waals surface area (Å²) in [5.41, 5.74) is 1.40. The lowest BCUT2D eigenvalue weighted by Gasteiger charge is -2.37. The van der Waals surface area contributed by atoms with Crippen molar-refractivity contribution in [1.82, 2.24) is 10.2 Å². The number of hydrogen-bond donors (Lipinski definition) is 1. The van der Waals surface area contributed by atoms with Gasteiger partial charge in [-0.05, 0) is 38.4 Å². The quantitative estimate of drug-likeness (QED) is 0.858. The first-order valence-corrected chi connectivity index (χ1v) is 7.31. The predicted octanol–water partition coefficient (Wildman–Crippen LogP) is 3.21. The van der Waals surface area contributed by atoms with Gasteiger partial charge < -0.3 is 5.32 Å². The van der Waals surface area contributed by atoms with Crippen LogP contribution in [0.3, 0.4) is 0 Å². The molecule has 0 amide bonds. The molecule has 1 N–H and O–H groups in total. The molecule has 1 aliphatic heterocycles. The van der Waals surface area contributed by atoms with E-state index in [-0.39, 0.29) is 0 Å². The molecular formula is C16H26N2. The van der Waals surface area contributed by atoms with E-state index >= 15 is 0 Å². The first-order chi connectivity index (χ1) is 8.85. The molecule has 2 heteroatoms. The molecule has 0 radical (unpaired) electrons. The van der Waals surface area contributed by atoms with Gasteiger partial charge in [0.1, 0.15) is 0 Å². The number of nitrogens with zero attached hydrogens (tertiary/aromatic N) is 1. The number of likely N-dealkylation sites (tertiary alicyclic amines) is 1. The van der Waals surface area contributed by atoms with Crippen molar-refractivity contribution in [2.45, 2.75) is 44.7 Å². The monoisotopic (exact) mass is 246 g/mol. The van der Waals surface area contributed by atoms with E-state index in [0.717, 1.165) is 12.6 Å². The van der Waals surface area contributed by atoms with Gasteiger partial charge in [-0.25, -0.2) is 0 Å². The van der Waals surface area contributed by atoms with Crippen LogP contribution in [0.2, 0.25) is 0 Å². The number of benzene rings is 1. The summed E-state index contributed by atoms with van der Waals surface area (Å²) in [5.74, 6) is 0. The molecule has 1 saturated heterocycles. The minimum Gasteiger partial charge on any atom is -0.312 e. The fourth-order valence-electron chi connectivity index (χ4n) is 3.05. The minimum atomic E-state index is 0.457. The molecule has 100 valence electrons. The van der Waals surface area contributed by atoms with E-state index in [1.165, 1.54) is 37.8 Å². The standard InChI is InChI=1S/C16H26N2/c1-3-15-11-7-8-12-18(15)13-16(17-2)14-9-5-4-6-10-14/h4-6,9-10,15-17H,3,7-8,11-13H2,1-2H3. The van der Waals surface area contributed by atoms with E-state index in [4.69, 9.17) is 0 Å². The van der Waals surface area contributed by atoms with Crippen molar-refractivity contribution in [3.05, 3.63) is 35.9 Å². The SMILES string of the molecule is CCC1CCCCN1CC(NC)c1ccccc1. The van der Waals surface area contributed by atoms with Crippen molar-refractivity contribution in [3.63, 3.8) is 0 Å². The Morgan fingerprint density at radius 1 is 1.28 bits per heavy atom. The second-order valence-electron chi connectivity index (χ2n) is 5.30. The molecule has 18 heavy (non-hydrogen) atoms. The summed E-state index contributed by atoms with van der Waals surface area (Å²) < 4.78 is 0. The van der Waals surface area contributed by atoms with E-state index in [0.29, 0.717) is 6.04 Å². The van der Waals surface area contributed by atoms with E-state index in [1.54, 1.807) is 0 Å². The highest BCUT2D eigenvalue weighted by Crippen LogP contribution is 2.23. The summed E-state index contributed by atoms with van der Waals surface area (Å²) in [6.07, 6.45) is 5.43. The molecule has 0 aliphatic carbocycles. The minimum absolute atomic E-state index is 0.457. The second-order valence-corrected chi connectivity index (χ2v) is 5.30. The van der Waals surface area contributed by atoms with Crippen molar-refractivity contribution < 1.29 is 0 Å². The van der Waals surface area contributed by atoms with Crippen LogP contribution in [0.5, 0.6) is 0 Å². The lowest BCUT2D eigenvalue weighted by Crippen LogP contribution is -2.43. The van der Waals surface area contributed by atoms with E-state index in [1.807, 2.05) is 0 Å². The molecule has 1 aromatic rings. The Bertz CT molecular complexity index is 336. The summed E-state index contributed by atoms with van der Waals surface area (Å²) in [7, 11) is 2.07. The Morgan fingerprint density at radius 3 is 2.72 bits per heavy atom. The molecule has 2 atom stereocenters. The van der Waals surface area contributed by atoms with Crippen molar-refractivity contribution in [2.75, 3.05) is 20.1 Å². The van der Waals surface area contributed by atoms with Crippen LogP contribution in [-0.4, -0.2) is 31.1 Å². The Labute approximate surface area is 111 Å². The second kappa shape index (κ2) is 6.91. The zero-order valence-corrected chi connectivity index (χ0v) is 11.7. The summed E-state index contributed by atoms with van der Waals surface area (Å²) in [6.45, 7) is 4.72. The molecule has 2 unspecified atom stereocenters. The van der Waals surface area contributed by atoms with Gasteiger partial charge in [0.15, 0.2) is 0 Å². The zero-order chi connectivity index (χ0) is 12.8. The fourth-order valence-corrected chi connectivity index (χ4v) is 3.05. The van der Waals surface area contributed by atoms with Gasteiger partial charge in [-0.1, -0.05) is 43.7 Å². The molecule has 0 bridgehead atoms. The Kier molecular flexibility index (Phi) is 5.21. The lowest BCUT2D eigenvalue weighted by atomic mass is 9.98. The molecule has 0 spiro atoms. The Balaban J connectivity index is 2.01. The highest BCUT2D eigenvalue weighted by molar-refractivity contribution is 5.19. The average molecular weight is 246 g/mol. The summed E-state index contributed by atoms with van der Waals surface area (Å²) in [6, 6.07) is 12.1. The van der Waals surface area contributed by atoms with Gasteiger partial charge in [-0.2, -0.15) is 0 Å². The summed E-state index contributed by atoms with van der Waals surface area (Å²) in [5, 5.41) is 3.47. The lowest BCUT2D eigenvalue weighted by molar-refractivity contribution is 0.130. The summed E-state index contributed by atoms with van der Waals surface area (Å²) >= 11 is 0. The van der Waals surface area contributed by atoms with Gasteiger partial charge in [0.25, 0.3) is 0 Å². The Morgan fingerprint density at radius 2 is 2.06 bits per heavy atom. The molecule has 1 aromatic carbocycles. The van der Waals surface area contributed by atoms with Crippen LogP contribution in [0.1, 0.15) is 44.2 Å². The maximum absolute atomic E-state index is 3.47. The third-order valence-electron chi connectivity index (χ3n) is 4.19. The highest BCUT2D eigenvalue weighted by atomic mass is 15.2. The normalized spacial score (nSPS) is 22.9. The molecule has 1 fully saturated rings. The van der Waals surface area contributed by atoms with Crippen LogP contribution in [0.25, 0.3) is 0 Å². The predicted molar refractivity (Wildman–Crippen MR) is 77.7 cm³/mol. The van der Waals surface area contributed by atoms with Crippen LogP contribution in [0, 0.1) is 0 Å². The van der Waals surface area contributed by atoms with Crippen LogP contribution >= 0.6 is 0 Å². The molecule has 1 aliphatic rings. The largest absolute Gasteiger partial charge is 0.312 e.